The topological polar surface area (TPSA) is 168 Å². The molecule has 2 aromatic carbocycles. The van der Waals surface area contributed by atoms with Crippen LogP contribution in [0.4, 0.5) is 0 Å². The second-order valence-electron chi connectivity index (χ2n) is 15.0. The van der Waals surface area contributed by atoms with E-state index in [1.54, 1.807) is 37.3 Å². The molecular weight excluding hydrogens is 1040 g/mol. The van der Waals surface area contributed by atoms with Gasteiger partial charge in [-0.2, -0.15) is 20.4 Å². The number of pyridine rings is 2. The predicted molar refractivity (Wildman–Crippen MR) is 250 cm³/mol. The van der Waals surface area contributed by atoms with Gasteiger partial charge in [-0.1, -0.05) is 44.0 Å². The van der Waals surface area contributed by atoms with Crippen LogP contribution in [-0.2, 0) is 32.9 Å². The molecule has 20 heteroatoms. The number of rotatable bonds is 6. The lowest BCUT2D eigenvalue weighted by atomic mass is 9.85. The van der Waals surface area contributed by atoms with Crippen LogP contribution < -0.4 is 5.59 Å². The highest BCUT2D eigenvalue weighted by Crippen LogP contribution is 2.36. The van der Waals surface area contributed by atoms with E-state index >= 15 is 0 Å². The van der Waals surface area contributed by atoms with Gasteiger partial charge < -0.3 is 18.8 Å². The Morgan fingerprint density at radius 3 is 1.69 bits per heavy atom. The van der Waals surface area contributed by atoms with Gasteiger partial charge in [0.1, 0.15) is 0 Å². The van der Waals surface area contributed by atoms with Crippen LogP contribution in [0.1, 0.15) is 48.7 Å². The zero-order chi connectivity index (χ0) is 44.5. The molecule has 9 rings (SSSR count). The highest BCUT2D eigenvalue weighted by Gasteiger charge is 2.52. The van der Waals surface area contributed by atoms with Gasteiger partial charge in [0.05, 0.1) is 59.4 Å². The second-order valence-corrected chi connectivity index (χ2v) is 18.1. The minimum atomic E-state index is -0.506. The summed E-state index contributed by atoms with van der Waals surface area (Å²) in [6.07, 6.45) is 9.01. The number of fused-ring (bicyclic) bond motifs is 2. The third-order valence-corrected chi connectivity index (χ3v) is 11.7. The Hall–Kier alpha value is -5.29. The third kappa shape index (κ3) is 9.38. The van der Waals surface area contributed by atoms with Crippen molar-refractivity contribution in [2.45, 2.75) is 38.9 Å². The van der Waals surface area contributed by atoms with E-state index in [9.17, 15) is 9.59 Å². The molecule has 0 unspecified atom stereocenters. The van der Waals surface area contributed by atoms with Crippen molar-refractivity contribution in [1.82, 2.24) is 49.1 Å². The molecule has 1 fully saturated rings. The molecule has 0 spiro atoms. The first-order valence-electron chi connectivity index (χ1n) is 18.9. The van der Waals surface area contributed by atoms with Gasteiger partial charge in [-0.15, -0.1) is 0 Å². The molecule has 16 nitrogen and oxygen atoms in total. The Balaban J connectivity index is 0.000000145. The normalized spacial score (nSPS) is 14.0. The largest absolute Gasteiger partial charge is 0.516 e. The van der Waals surface area contributed by atoms with Gasteiger partial charge in [-0.3, -0.25) is 9.36 Å². The van der Waals surface area contributed by atoms with Crippen LogP contribution in [0.3, 0.4) is 0 Å². The average Bonchev–Trinajstić information content (AvgIpc) is 4.07. The molecule has 6 aromatic heterocycles. The summed E-state index contributed by atoms with van der Waals surface area (Å²) >= 11 is 9.04. The van der Waals surface area contributed by atoms with E-state index in [-0.39, 0.29) is 29.7 Å². The minimum absolute atomic E-state index is 0.223. The molecule has 0 N–H and O–H groups in total. The van der Waals surface area contributed by atoms with Crippen LogP contribution in [0.2, 0.25) is 0 Å². The number of halogens is 3. The number of methoxy groups -OCH3 is 2. The molecule has 318 valence electrons. The highest BCUT2D eigenvalue weighted by molar-refractivity contribution is 14.1. The molecule has 0 aliphatic carbocycles. The Morgan fingerprint density at radius 2 is 1.23 bits per heavy atom. The van der Waals surface area contributed by atoms with Gasteiger partial charge in [-0.05, 0) is 105 Å². The average molecular weight is 1080 g/mol. The maximum atomic E-state index is 12.2. The molecule has 1 aliphatic rings. The fourth-order valence-electron chi connectivity index (χ4n) is 6.30. The second kappa shape index (κ2) is 18.2. The summed E-state index contributed by atoms with van der Waals surface area (Å²) in [5.41, 5.74) is 5.29. The van der Waals surface area contributed by atoms with Gasteiger partial charge in [-0.25, -0.2) is 28.9 Å². The fourth-order valence-corrected chi connectivity index (χ4v) is 7.52. The van der Waals surface area contributed by atoms with Crippen molar-refractivity contribution in [3.63, 3.8) is 0 Å². The standard InChI is InChI=1S/C18H14BrN5O2.C14H9BrIN3O2.C10H17BN2O2/c1-23-10-12(9-21-23)11-6-15-16(18(25)26-2)22-24(17(15)20-8-11)14-5-3-4-13(19)7-14;1-21-14(20)12-11-6-9(16)7-17-13(11)19(18-12)10-4-2-3-8(15)5-10;1-9(2)10(3,4)15-11(14-9)8-6-7-13(5)12-8/h3-10H,1-2H3;2-7H,1H3;6-7H,1-5H3. The Morgan fingerprint density at radius 1 is 0.694 bits per heavy atom. The van der Waals surface area contributed by atoms with Gasteiger partial charge in [0.25, 0.3) is 0 Å². The fraction of sp³-hybridized carbons (Fsp3) is 0.238. The smallest absolute Gasteiger partial charge is 0.464 e. The maximum absolute atomic E-state index is 12.2. The van der Waals surface area contributed by atoms with E-state index in [1.807, 2.05) is 121 Å². The zero-order valence-corrected chi connectivity index (χ0v) is 40.2. The van der Waals surface area contributed by atoms with E-state index in [2.05, 4.69) is 84.8 Å². The Bertz CT molecular complexity index is 2930. The van der Waals surface area contributed by atoms with Crippen molar-refractivity contribution in [3.8, 4) is 22.5 Å². The van der Waals surface area contributed by atoms with Crippen LogP contribution in [0, 0.1) is 3.57 Å². The van der Waals surface area contributed by atoms with Crippen molar-refractivity contribution >= 4 is 101 Å². The van der Waals surface area contributed by atoms with Gasteiger partial charge in [0.15, 0.2) is 22.7 Å². The van der Waals surface area contributed by atoms with E-state index in [4.69, 9.17) is 18.8 Å². The molecule has 7 heterocycles. The number of aromatic nitrogens is 10. The van der Waals surface area contributed by atoms with E-state index < -0.39 is 11.9 Å². The first-order chi connectivity index (χ1) is 29.5. The first kappa shape index (κ1) is 44.8. The van der Waals surface area contributed by atoms with Crippen molar-refractivity contribution in [2.75, 3.05) is 14.2 Å². The molecule has 62 heavy (non-hydrogen) atoms. The summed E-state index contributed by atoms with van der Waals surface area (Å²) in [4.78, 5) is 33.1. The zero-order valence-electron chi connectivity index (χ0n) is 34.9. The van der Waals surface area contributed by atoms with Crippen LogP contribution in [-0.4, -0.2) is 93.6 Å². The summed E-state index contributed by atoms with van der Waals surface area (Å²) in [5, 5.41) is 18.6. The van der Waals surface area contributed by atoms with Crippen LogP contribution in [0.25, 0.3) is 44.6 Å². The van der Waals surface area contributed by atoms with E-state index in [1.165, 1.54) is 14.2 Å². The SMILES string of the molecule is COC(=O)c1nn(-c2cccc(Br)c2)c2ncc(-c3cnn(C)c3)cc12.COC(=O)c1nn(-c2cccc(Br)c2)c2ncc(I)cc12.Cn1ccc(B2OC(C)(C)C(C)(C)O2)n1. The predicted octanol–water partition coefficient (Wildman–Crippen LogP) is 7.66. The van der Waals surface area contributed by atoms with Crippen molar-refractivity contribution < 1.29 is 28.4 Å². The number of carbonyl (C=O) groups is 2. The molecule has 1 aliphatic heterocycles. The summed E-state index contributed by atoms with van der Waals surface area (Å²) < 4.78 is 30.9. The molecule has 0 amide bonds. The van der Waals surface area contributed by atoms with Crippen molar-refractivity contribution in [2.24, 2.45) is 14.1 Å². The van der Waals surface area contributed by atoms with Gasteiger partial charge in [0.2, 0.25) is 0 Å². The van der Waals surface area contributed by atoms with Gasteiger partial charge >= 0.3 is 19.1 Å². The molecule has 1 saturated heterocycles. The third-order valence-electron chi connectivity index (χ3n) is 10.1. The van der Waals surface area contributed by atoms with Crippen LogP contribution >= 0.6 is 54.5 Å². The van der Waals surface area contributed by atoms with Crippen LogP contribution in [0.15, 0.2) is 107 Å². The molecular formula is C42H40BBr2IN10O6. The van der Waals surface area contributed by atoms with Crippen LogP contribution in [0.5, 0.6) is 0 Å². The number of carbonyl (C=O) groups excluding carboxylic acids is 2. The lowest BCUT2D eigenvalue weighted by Gasteiger charge is -2.32. The van der Waals surface area contributed by atoms with Crippen molar-refractivity contribution in [3.05, 3.63) is 122 Å². The minimum Gasteiger partial charge on any atom is -0.464 e. The lowest BCUT2D eigenvalue weighted by Crippen LogP contribution is -2.41. The number of hydrogen-bond donors (Lipinski definition) is 0. The highest BCUT2D eigenvalue weighted by atomic mass is 127. The first-order valence-corrected chi connectivity index (χ1v) is 21.6. The number of hydrogen-bond acceptors (Lipinski definition) is 12. The van der Waals surface area contributed by atoms with E-state index in [0.29, 0.717) is 22.1 Å². The van der Waals surface area contributed by atoms with E-state index in [0.717, 1.165) is 40.6 Å². The quantitative estimate of drug-likeness (QED) is 0.0908. The van der Waals surface area contributed by atoms with Gasteiger partial charge in [0, 0.05) is 62.5 Å². The summed E-state index contributed by atoms with van der Waals surface area (Å²) in [6, 6.07) is 20.9. The monoisotopic (exact) mass is 1080 g/mol. The molecule has 0 atom stereocenters. The molecule has 0 saturated carbocycles. The van der Waals surface area contributed by atoms with Crippen molar-refractivity contribution in [1.29, 1.82) is 0 Å². The number of nitrogens with zero attached hydrogens (tertiary/aromatic N) is 10. The Kier molecular flexibility index (Phi) is 13.1. The lowest BCUT2D eigenvalue weighted by molar-refractivity contribution is 0.00578. The summed E-state index contributed by atoms with van der Waals surface area (Å²) in [7, 11) is 6.06. The molecule has 0 radical (unpaired) electrons. The maximum Gasteiger partial charge on any atom is 0.516 e. The number of esters is 2. The summed E-state index contributed by atoms with van der Waals surface area (Å²) in [6.45, 7) is 8.15. The number of ether oxygens (including phenoxy) is 2. The number of benzene rings is 2. The Labute approximate surface area is 387 Å². The molecule has 0 bridgehead atoms. The number of aryl methyl sites for hydroxylation is 2. The summed E-state index contributed by atoms with van der Waals surface area (Å²) in [5.74, 6) is -0.980. The molecule has 8 aromatic rings.